The highest BCUT2D eigenvalue weighted by molar-refractivity contribution is 5.79. The Morgan fingerprint density at radius 3 is 2.47 bits per heavy atom. The van der Waals surface area contributed by atoms with Gasteiger partial charge in [0.2, 0.25) is 6.79 Å². The van der Waals surface area contributed by atoms with E-state index < -0.39 is 23.4 Å². The van der Waals surface area contributed by atoms with Gasteiger partial charge in [0.1, 0.15) is 17.3 Å². The maximum atomic E-state index is 12.6. The number of carboxylic acid groups (broad SMARTS) is 1. The average molecular weight is 404 g/mol. The van der Waals surface area contributed by atoms with E-state index in [2.05, 4.69) is 0 Å². The van der Waals surface area contributed by atoms with E-state index in [1.807, 2.05) is 18.2 Å². The third kappa shape index (κ3) is 2.50. The Bertz CT molecular complexity index is 1140. The van der Waals surface area contributed by atoms with Gasteiger partial charge in [0, 0.05) is 11.5 Å². The van der Waals surface area contributed by atoms with E-state index in [1.165, 1.54) is 7.11 Å². The van der Waals surface area contributed by atoms with Crippen LogP contribution in [0.1, 0.15) is 28.2 Å². The Balaban J connectivity index is 1.76. The zero-order valence-electron chi connectivity index (χ0n) is 16.2. The highest BCUT2D eigenvalue weighted by atomic mass is 16.7. The van der Waals surface area contributed by atoms with Crippen molar-refractivity contribution >= 4 is 5.97 Å². The average Bonchev–Trinajstić information content (AvgIpc) is 3.34. The number of aliphatic carboxylic acids is 1. The number of carbonyl (C=O) groups is 1. The lowest BCUT2D eigenvalue weighted by atomic mass is 9.76. The van der Waals surface area contributed by atoms with Crippen LogP contribution in [0.15, 0.2) is 66.7 Å². The Morgan fingerprint density at radius 1 is 1.00 bits per heavy atom. The Hall–Kier alpha value is -3.51. The summed E-state index contributed by atoms with van der Waals surface area (Å²) in [5, 5.41) is 22.4. The molecule has 152 valence electrons. The predicted molar refractivity (Wildman–Crippen MR) is 108 cm³/mol. The SMILES string of the molecule is COc1ccccc1C1(O)c2ccccc2C(c2ccc3c(c2)OCO3)C1C(=O)O. The predicted octanol–water partition coefficient (Wildman–Crippen LogP) is 3.51. The molecule has 3 aromatic carbocycles. The normalized spacial score (nSPS) is 23.8. The lowest BCUT2D eigenvalue weighted by molar-refractivity contribution is -0.149. The zero-order chi connectivity index (χ0) is 20.9. The van der Waals surface area contributed by atoms with Crippen molar-refractivity contribution in [3.05, 3.63) is 89.0 Å². The highest BCUT2D eigenvalue weighted by Crippen LogP contribution is 2.57. The first-order chi connectivity index (χ1) is 14.6. The molecule has 0 amide bonds. The number of hydrogen-bond acceptors (Lipinski definition) is 5. The van der Waals surface area contributed by atoms with Crippen molar-refractivity contribution in [2.45, 2.75) is 11.5 Å². The summed E-state index contributed by atoms with van der Waals surface area (Å²) >= 11 is 0. The Kier molecular flexibility index (Phi) is 4.18. The molecule has 0 radical (unpaired) electrons. The second kappa shape index (κ2) is 6.78. The molecule has 5 rings (SSSR count). The molecular formula is C24H20O6. The van der Waals surface area contributed by atoms with Gasteiger partial charge in [-0.3, -0.25) is 4.79 Å². The number of aliphatic hydroxyl groups is 1. The largest absolute Gasteiger partial charge is 0.496 e. The molecule has 0 fully saturated rings. The van der Waals surface area contributed by atoms with Crippen molar-refractivity contribution in [2.75, 3.05) is 13.9 Å². The first kappa shape index (κ1) is 18.5. The molecule has 6 heteroatoms. The van der Waals surface area contributed by atoms with E-state index in [4.69, 9.17) is 14.2 Å². The minimum atomic E-state index is -1.77. The quantitative estimate of drug-likeness (QED) is 0.692. The molecule has 30 heavy (non-hydrogen) atoms. The highest BCUT2D eigenvalue weighted by Gasteiger charge is 2.57. The van der Waals surface area contributed by atoms with Crippen LogP contribution in [0.25, 0.3) is 0 Å². The van der Waals surface area contributed by atoms with Crippen molar-refractivity contribution in [3.8, 4) is 17.2 Å². The lowest BCUT2D eigenvalue weighted by Crippen LogP contribution is -2.39. The molecule has 1 aliphatic carbocycles. The minimum absolute atomic E-state index is 0.132. The first-order valence-electron chi connectivity index (χ1n) is 9.63. The molecule has 3 atom stereocenters. The van der Waals surface area contributed by atoms with Gasteiger partial charge in [0.15, 0.2) is 11.5 Å². The number of para-hydroxylation sites is 1. The molecular weight excluding hydrogens is 384 g/mol. The summed E-state index contributed by atoms with van der Waals surface area (Å²) in [6.45, 7) is 0.132. The molecule has 3 aromatic rings. The van der Waals surface area contributed by atoms with Crippen LogP contribution in [-0.2, 0) is 10.4 Å². The molecule has 0 bridgehead atoms. The van der Waals surface area contributed by atoms with Crippen LogP contribution < -0.4 is 14.2 Å². The maximum absolute atomic E-state index is 12.6. The minimum Gasteiger partial charge on any atom is -0.496 e. The lowest BCUT2D eigenvalue weighted by Gasteiger charge is -2.32. The van der Waals surface area contributed by atoms with E-state index in [1.54, 1.807) is 48.5 Å². The summed E-state index contributed by atoms with van der Waals surface area (Å²) in [4.78, 5) is 12.6. The summed E-state index contributed by atoms with van der Waals surface area (Å²) in [5.41, 5.74) is 0.720. The topological polar surface area (TPSA) is 85.2 Å². The van der Waals surface area contributed by atoms with Gasteiger partial charge in [-0.25, -0.2) is 0 Å². The van der Waals surface area contributed by atoms with Crippen molar-refractivity contribution in [1.82, 2.24) is 0 Å². The monoisotopic (exact) mass is 404 g/mol. The molecule has 0 spiro atoms. The number of benzene rings is 3. The van der Waals surface area contributed by atoms with Crippen molar-refractivity contribution in [1.29, 1.82) is 0 Å². The summed E-state index contributed by atoms with van der Waals surface area (Å²) in [7, 11) is 1.51. The molecule has 3 unspecified atom stereocenters. The number of rotatable bonds is 4. The molecule has 2 aliphatic rings. The van der Waals surface area contributed by atoms with Crippen molar-refractivity contribution in [3.63, 3.8) is 0 Å². The van der Waals surface area contributed by atoms with Gasteiger partial charge in [0.25, 0.3) is 0 Å². The van der Waals surface area contributed by atoms with Gasteiger partial charge >= 0.3 is 5.97 Å². The van der Waals surface area contributed by atoms with Crippen molar-refractivity contribution < 1.29 is 29.2 Å². The van der Waals surface area contributed by atoms with Gasteiger partial charge in [-0.1, -0.05) is 48.5 Å². The van der Waals surface area contributed by atoms with Crippen LogP contribution >= 0.6 is 0 Å². The Labute approximate surface area is 173 Å². The number of ether oxygens (including phenoxy) is 3. The van der Waals surface area contributed by atoms with Gasteiger partial charge in [0.05, 0.1) is 7.11 Å². The van der Waals surface area contributed by atoms with E-state index >= 15 is 0 Å². The number of methoxy groups -OCH3 is 1. The summed E-state index contributed by atoms with van der Waals surface area (Å²) in [6.07, 6.45) is 0. The van der Waals surface area contributed by atoms with E-state index in [-0.39, 0.29) is 6.79 Å². The van der Waals surface area contributed by atoms with Gasteiger partial charge in [-0.2, -0.15) is 0 Å². The van der Waals surface area contributed by atoms with E-state index in [9.17, 15) is 15.0 Å². The number of hydrogen-bond donors (Lipinski definition) is 2. The van der Waals surface area contributed by atoms with Crippen LogP contribution in [0.4, 0.5) is 0 Å². The number of carboxylic acids is 1. The third-order valence-electron chi connectivity index (χ3n) is 6.03. The van der Waals surface area contributed by atoms with Crippen LogP contribution in [-0.4, -0.2) is 30.1 Å². The van der Waals surface area contributed by atoms with Crippen LogP contribution in [0.2, 0.25) is 0 Å². The first-order valence-corrected chi connectivity index (χ1v) is 9.63. The fraction of sp³-hybridized carbons (Fsp3) is 0.208. The second-order valence-electron chi connectivity index (χ2n) is 7.46. The van der Waals surface area contributed by atoms with E-state index in [0.29, 0.717) is 28.4 Å². The smallest absolute Gasteiger partial charge is 0.311 e. The Morgan fingerprint density at radius 2 is 1.70 bits per heavy atom. The molecule has 1 heterocycles. The van der Waals surface area contributed by atoms with Gasteiger partial charge in [-0.05, 0) is 34.9 Å². The van der Waals surface area contributed by atoms with Crippen molar-refractivity contribution in [2.24, 2.45) is 5.92 Å². The standard InChI is InChI=1S/C24H20O6/c1-28-18-9-5-4-8-17(18)24(27)16-7-3-2-6-15(16)21(22(24)23(25)26)14-10-11-19-20(12-14)30-13-29-19/h2-12,21-22,27H,13H2,1H3,(H,25,26). The fourth-order valence-electron chi connectivity index (χ4n) is 4.78. The molecule has 6 nitrogen and oxygen atoms in total. The van der Waals surface area contributed by atoms with Crippen LogP contribution in [0.5, 0.6) is 17.2 Å². The van der Waals surface area contributed by atoms with Gasteiger partial charge < -0.3 is 24.4 Å². The van der Waals surface area contributed by atoms with E-state index in [0.717, 1.165) is 11.1 Å². The fourth-order valence-corrected chi connectivity index (χ4v) is 4.78. The second-order valence-corrected chi connectivity index (χ2v) is 7.46. The maximum Gasteiger partial charge on any atom is 0.311 e. The van der Waals surface area contributed by atoms with Crippen LogP contribution in [0.3, 0.4) is 0 Å². The number of fused-ring (bicyclic) bond motifs is 2. The summed E-state index contributed by atoms with van der Waals surface area (Å²) in [6, 6.07) is 19.7. The molecule has 1 aliphatic heterocycles. The summed E-state index contributed by atoms with van der Waals surface area (Å²) < 4.78 is 16.4. The molecule has 0 aromatic heterocycles. The molecule has 0 saturated carbocycles. The zero-order valence-corrected chi connectivity index (χ0v) is 16.2. The molecule has 2 N–H and O–H groups in total. The van der Waals surface area contributed by atoms with Crippen LogP contribution in [0, 0.1) is 5.92 Å². The van der Waals surface area contributed by atoms with Gasteiger partial charge in [-0.15, -0.1) is 0 Å². The summed E-state index contributed by atoms with van der Waals surface area (Å²) in [5.74, 6) is -1.21. The molecule has 0 saturated heterocycles. The third-order valence-corrected chi connectivity index (χ3v) is 6.03.